The number of aromatic nitrogens is 2. The van der Waals surface area contributed by atoms with Crippen molar-refractivity contribution in [3.05, 3.63) is 70.9 Å². The zero-order valence-corrected chi connectivity index (χ0v) is 20.0. The molecule has 2 heterocycles. The Bertz CT molecular complexity index is 1370. The minimum absolute atomic E-state index is 0.0391. The molecule has 9 heteroatoms. The normalized spacial score (nSPS) is 10.7. The van der Waals surface area contributed by atoms with E-state index in [1.807, 2.05) is 30.3 Å². The second-order valence-corrected chi connectivity index (χ2v) is 8.24. The summed E-state index contributed by atoms with van der Waals surface area (Å²) in [7, 11) is 3.13. The van der Waals surface area contributed by atoms with Crippen molar-refractivity contribution in [2.45, 2.75) is 20.5 Å². The number of aryl methyl sites for hydroxylation is 1. The maximum Gasteiger partial charge on any atom is 0.340 e. The molecule has 2 aromatic heterocycles. The first-order chi connectivity index (χ1) is 16.4. The minimum atomic E-state index is -0.502. The van der Waals surface area contributed by atoms with Crippen molar-refractivity contribution in [2.75, 3.05) is 19.1 Å². The van der Waals surface area contributed by atoms with Crippen LogP contribution in [-0.2, 0) is 16.1 Å². The smallest absolute Gasteiger partial charge is 0.340 e. The van der Waals surface area contributed by atoms with Crippen molar-refractivity contribution in [3.63, 3.8) is 0 Å². The summed E-state index contributed by atoms with van der Waals surface area (Å²) in [4.78, 5) is 35.7. The number of amides is 1. The van der Waals surface area contributed by atoms with Crippen molar-refractivity contribution < 1.29 is 23.8 Å². The first kappa shape index (κ1) is 23.2. The molecular weight excluding hydrogens is 454 g/mol. The van der Waals surface area contributed by atoms with E-state index < -0.39 is 5.97 Å². The van der Waals surface area contributed by atoms with Crippen LogP contribution in [-0.4, -0.2) is 36.1 Å². The second kappa shape index (κ2) is 9.88. The van der Waals surface area contributed by atoms with E-state index in [0.29, 0.717) is 39.3 Å². The first-order valence-corrected chi connectivity index (χ1v) is 11.3. The monoisotopic (exact) mass is 477 g/mol. The molecule has 1 amide bonds. The number of fused-ring (bicyclic) bond motifs is 1. The van der Waals surface area contributed by atoms with Crippen molar-refractivity contribution in [1.82, 2.24) is 9.97 Å². The van der Waals surface area contributed by atoms with Gasteiger partial charge in [-0.05, 0) is 43.3 Å². The number of methoxy groups -OCH3 is 2. The summed E-state index contributed by atoms with van der Waals surface area (Å²) in [5.74, 6) is 0.516. The van der Waals surface area contributed by atoms with Crippen molar-refractivity contribution in [1.29, 1.82) is 0 Å². The van der Waals surface area contributed by atoms with Crippen LogP contribution in [0, 0.1) is 6.92 Å². The van der Waals surface area contributed by atoms with E-state index in [0.717, 1.165) is 10.9 Å². The quantitative estimate of drug-likeness (QED) is 0.344. The number of rotatable bonds is 7. The number of carbonyl (C=O) groups is 2. The third kappa shape index (κ3) is 4.69. The van der Waals surface area contributed by atoms with Gasteiger partial charge in [0.15, 0.2) is 5.13 Å². The Morgan fingerprint density at radius 3 is 2.56 bits per heavy atom. The van der Waals surface area contributed by atoms with E-state index in [1.54, 1.807) is 44.7 Å². The molecule has 0 spiro atoms. The molecule has 34 heavy (non-hydrogen) atoms. The highest BCUT2D eigenvalue weighted by atomic mass is 32.1. The summed E-state index contributed by atoms with van der Waals surface area (Å²) in [5, 5.41) is 2.99. The third-order valence-corrected chi connectivity index (χ3v) is 6.03. The molecule has 0 saturated heterocycles. The number of para-hydroxylation sites is 2. The van der Waals surface area contributed by atoms with Gasteiger partial charge < -0.3 is 14.2 Å². The first-order valence-electron chi connectivity index (χ1n) is 10.4. The van der Waals surface area contributed by atoms with Crippen molar-refractivity contribution in [3.8, 4) is 11.5 Å². The fraction of sp³-hybridized carbons (Fsp3) is 0.200. The van der Waals surface area contributed by atoms with Crippen LogP contribution in [0.4, 0.5) is 10.8 Å². The molecule has 0 N–H and O–H groups in total. The van der Waals surface area contributed by atoms with Gasteiger partial charge in [0.05, 0.1) is 42.4 Å². The molecule has 0 radical (unpaired) electrons. The standard InChI is InChI=1S/C25H23N3O5S/c1-15-20(12-17-11-19(31-3)9-10-21(17)26-15)24(30)33-13-18-14-34-25(27-18)28(16(2)29)22-7-5-6-8-23(22)32-4/h5-12,14H,13H2,1-4H3. The number of nitrogens with zero attached hydrogens (tertiary/aromatic N) is 3. The number of ether oxygens (including phenoxy) is 3. The summed E-state index contributed by atoms with van der Waals surface area (Å²) in [5.41, 5.74) is 2.82. The number of thiazole rings is 1. The van der Waals surface area contributed by atoms with Crippen LogP contribution in [0.2, 0.25) is 0 Å². The van der Waals surface area contributed by atoms with Crippen LogP contribution >= 0.6 is 11.3 Å². The molecule has 0 saturated carbocycles. The number of anilines is 2. The summed E-state index contributed by atoms with van der Waals surface area (Å²) in [6.45, 7) is 3.18. The Morgan fingerprint density at radius 2 is 1.82 bits per heavy atom. The van der Waals surface area contributed by atoms with E-state index in [1.165, 1.54) is 23.2 Å². The van der Waals surface area contributed by atoms with Gasteiger partial charge in [-0.1, -0.05) is 12.1 Å². The van der Waals surface area contributed by atoms with Gasteiger partial charge in [0.2, 0.25) is 5.91 Å². The van der Waals surface area contributed by atoms with Gasteiger partial charge in [-0.25, -0.2) is 9.78 Å². The maximum absolute atomic E-state index is 12.8. The zero-order chi connectivity index (χ0) is 24.2. The Hall–Kier alpha value is -3.98. The van der Waals surface area contributed by atoms with Gasteiger partial charge >= 0.3 is 5.97 Å². The average Bonchev–Trinajstić information content (AvgIpc) is 3.30. The Morgan fingerprint density at radius 1 is 1.03 bits per heavy atom. The molecule has 4 aromatic rings. The van der Waals surface area contributed by atoms with Crippen LogP contribution in [0.1, 0.15) is 28.7 Å². The maximum atomic E-state index is 12.8. The van der Waals surface area contributed by atoms with Crippen LogP contribution < -0.4 is 14.4 Å². The lowest BCUT2D eigenvalue weighted by Crippen LogP contribution is -2.23. The van der Waals surface area contributed by atoms with Gasteiger partial charge in [-0.2, -0.15) is 0 Å². The van der Waals surface area contributed by atoms with Gasteiger partial charge in [-0.3, -0.25) is 14.7 Å². The van der Waals surface area contributed by atoms with E-state index in [-0.39, 0.29) is 12.5 Å². The average molecular weight is 478 g/mol. The van der Waals surface area contributed by atoms with E-state index in [4.69, 9.17) is 14.2 Å². The Labute approximate surface area is 200 Å². The van der Waals surface area contributed by atoms with Crippen LogP contribution in [0.5, 0.6) is 11.5 Å². The zero-order valence-electron chi connectivity index (χ0n) is 19.2. The topological polar surface area (TPSA) is 90.9 Å². The summed E-state index contributed by atoms with van der Waals surface area (Å²) in [6.07, 6.45) is 0. The molecule has 0 atom stereocenters. The SMILES string of the molecule is COc1ccc2nc(C)c(C(=O)OCc3csc(N(C(C)=O)c4ccccc4OC)n3)cc2c1. The summed E-state index contributed by atoms with van der Waals surface area (Å²) in [6, 6.07) is 14.4. The number of carbonyl (C=O) groups excluding carboxylic acids is 2. The third-order valence-electron chi connectivity index (χ3n) is 5.16. The Balaban J connectivity index is 1.53. The molecule has 0 bridgehead atoms. The highest BCUT2D eigenvalue weighted by Gasteiger charge is 2.22. The van der Waals surface area contributed by atoms with Crippen LogP contribution in [0.15, 0.2) is 53.9 Å². The molecule has 0 aliphatic rings. The lowest BCUT2D eigenvalue weighted by Gasteiger charge is -2.20. The minimum Gasteiger partial charge on any atom is -0.497 e. The Kier molecular flexibility index (Phi) is 6.74. The highest BCUT2D eigenvalue weighted by Crippen LogP contribution is 2.35. The molecule has 8 nitrogen and oxygen atoms in total. The number of pyridine rings is 1. The van der Waals surface area contributed by atoms with E-state index in [9.17, 15) is 9.59 Å². The van der Waals surface area contributed by atoms with Gasteiger partial charge in [0.25, 0.3) is 0 Å². The number of esters is 1. The van der Waals surface area contributed by atoms with Crippen molar-refractivity contribution >= 4 is 44.9 Å². The molecule has 4 rings (SSSR count). The molecule has 0 aliphatic carbocycles. The molecule has 0 fully saturated rings. The molecule has 0 aliphatic heterocycles. The molecule has 174 valence electrons. The fourth-order valence-electron chi connectivity index (χ4n) is 3.49. The predicted octanol–water partition coefficient (Wildman–Crippen LogP) is 5.06. The molecule has 0 unspecified atom stereocenters. The predicted molar refractivity (Wildman–Crippen MR) is 130 cm³/mol. The van der Waals surface area contributed by atoms with Gasteiger partial charge in [0.1, 0.15) is 18.1 Å². The lowest BCUT2D eigenvalue weighted by atomic mass is 10.1. The van der Waals surface area contributed by atoms with Gasteiger partial charge in [0, 0.05) is 17.7 Å². The number of hydrogen-bond donors (Lipinski definition) is 0. The highest BCUT2D eigenvalue weighted by molar-refractivity contribution is 7.14. The lowest BCUT2D eigenvalue weighted by molar-refractivity contribution is -0.115. The van der Waals surface area contributed by atoms with Crippen LogP contribution in [0.25, 0.3) is 10.9 Å². The molecular formula is C25H23N3O5S. The fourth-order valence-corrected chi connectivity index (χ4v) is 4.35. The molecule has 2 aromatic carbocycles. The van der Waals surface area contributed by atoms with Crippen LogP contribution in [0.3, 0.4) is 0 Å². The number of hydrogen-bond acceptors (Lipinski definition) is 8. The summed E-state index contributed by atoms with van der Waals surface area (Å²) < 4.78 is 16.2. The van der Waals surface area contributed by atoms with Gasteiger partial charge in [-0.15, -0.1) is 11.3 Å². The van der Waals surface area contributed by atoms with E-state index >= 15 is 0 Å². The largest absolute Gasteiger partial charge is 0.497 e. The second-order valence-electron chi connectivity index (χ2n) is 7.40. The summed E-state index contributed by atoms with van der Waals surface area (Å²) >= 11 is 1.28. The van der Waals surface area contributed by atoms with Crippen molar-refractivity contribution in [2.24, 2.45) is 0 Å². The number of benzene rings is 2. The van der Waals surface area contributed by atoms with E-state index in [2.05, 4.69) is 9.97 Å².